The molecule has 0 radical (unpaired) electrons. The van der Waals surface area contributed by atoms with Gasteiger partial charge in [0.1, 0.15) is 5.82 Å². The van der Waals surface area contributed by atoms with Crippen LogP contribution in [-0.2, 0) is 9.59 Å². The van der Waals surface area contributed by atoms with E-state index in [1.54, 1.807) is 0 Å². The van der Waals surface area contributed by atoms with Crippen molar-refractivity contribution in [3.05, 3.63) is 34.6 Å². The first kappa shape index (κ1) is 15.8. The number of carboxylic acids is 1. The number of hydrogen-bond acceptors (Lipinski definition) is 2. The summed E-state index contributed by atoms with van der Waals surface area (Å²) in [5, 5.41) is 9.64. The van der Waals surface area contributed by atoms with Crippen LogP contribution in [0.1, 0.15) is 37.8 Å². The number of amides is 1. The van der Waals surface area contributed by atoms with E-state index >= 15 is 0 Å². The van der Waals surface area contributed by atoms with E-state index in [4.69, 9.17) is 11.6 Å². The van der Waals surface area contributed by atoms with Crippen LogP contribution in [0.15, 0.2) is 18.2 Å². The predicted molar refractivity (Wildman–Crippen MR) is 76.5 cm³/mol. The third-order valence-electron chi connectivity index (χ3n) is 3.77. The fourth-order valence-electron chi connectivity index (χ4n) is 2.84. The number of rotatable bonds is 4. The molecule has 1 heterocycles. The molecule has 1 amide bonds. The highest BCUT2D eigenvalue weighted by Gasteiger charge is 2.41. The normalized spacial score (nSPS) is 22.4. The standard InChI is InChI=1S/C15H17ClFNO3/c1-2-7-18-13(19)6-5-11(15(20)21)14(18)10-4-3-9(16)8-12(10)17/h3-4,8,11,14H,2,5-7H2,1H3,(H,20,21). The van der Waals surface area contributed by atoms with Crippen molar-refractivity contribution >= 4 is 23.5 Å². The van der Waals surface area contributed by atoms with Gasteiger partial charge >= 0.3 is 5.97 Å². The van der Waals surface area contributed by atoms with Crippen LogP contribution < -0.4 is 0 Å². The van der Waals surface area contributed by atoms with Gasteiger partial charge in [-0.15, -0.1) is 0 Å². The lowest BCUT2D eigenvalue weighted by molar-refractivity contribution is -0.152. The minimum Gasteiger partial charge on any atom is -0.481 e. The van der Waals surface area contributed by atoms with Gasteiger partial charge in [-0.25, -0.2) is 4.39 Å². The Morgan fingerprint density at radius 1 is 1.52 bits per heavy atom. The summed E-state index contributed by atoms with van der Waals surface area (Å²) in [7, 11) is 0. The summed E-state index contributed by atoms with van der Waals surface area (Å²) < 4.78 is 14.2. The lowest BCUT2D eigenvalue weighted by atomic mass is 9.84. The minimum atomic E-state index is -1.01. The number of carboxylic acid groups (broad SMARTS) is 1. The Balaban J connectivity index is 2.48. The molecule has 1 aromatic rings. The molecular weight excluding hydrogens is 297 g/mol. The van der Waals surface area contributed by atoms with Crippen LogP contribution in [0.25, 0.3) is 0 Å². The highest BCUT2D eigenvalue weighted by atomic mass is 35.5. The van der Waals surface area contributed by atoms with Gasteiger partial charge in [0.25, 0.3) is 0 Å². The Morgan fingerprint density at radius 2 is 2.24 bits per heavy atom. The number of halogens is 2. The third-order valence-corrected chi connectivity index (χ3v) is 4.00. The monoisotopic (exact) mass is 313 g/mol. The summed E-state index contributed by atoms with van der Waals surface area (Å²) >= 11 is 5.74. The molecule has 0 aromatic heterocycles. The van der Waals surface area contributed by atoms with Crippen molar-refractivity contribution in [1.82, 2.24) is 4.90 Å². The summed E-state index contributed by atoms with van der Waals surface area (Å²) in [4.78, 5) is 25.1. The molecule has 2 atom stereocenters. The topological polar surface area (TPSA) is 57.6 Å². The molecule has 2 unspecified atom stereocenters. The van der Waals surface area contributed by atoms with Crippen molar-refractivity contribution in [1.29, 1.82) is 0 Å². The first-order valence-corrected chi connectivity index (χ1v) is 7.30. The molecule has 0 saturated carbocycles. The van der Waals surface area contributed by atoms with Gasteiger partial charge in [0.2, 0.25) is 5.91 Å². The van der Waals surface area contributed by atoms with Crippen LogP contribution in [0.2, 0.25) is 5.02 Å². The smallest absolute Gasteiger partial charge is 0.308 e. The molecule has 0 aliphatic carbocycles. The molecule has 1 aliphatic heterocycles. The third kappa shape index (κ3) is 3.18. The van der Waals surface area contributed by atoms with Crippen LogP contribution in [0.5, 0.6) is 0 Å². The number of piperidine rings is 1. The van der Waals surface area contributed by atoms with Crippen molar-refractivity contribution in [2.45, 2.75) is 32.2 Å². The van der Waals surface area contributed by atoms with Crippen molar-refractivity contribution in [3.63, 3.8) is 0 Å². The van der Waals surface area contributed by atoms with Gasteiger partial charge in [0, 0.05) is 23.6 Å². The number of benzene rings is 1. The molecule has 21 heavy (non-hydrogen) atoms. The molecule has 2 rings (SSSR count). The zero-order valence-corrected chi connectivity index (χ0v) is 12.4. The molecule has 6 heteroatoms. The number of nitrogens with zero attached hydrogens (tertiary/aromatic N) is 1. The molecule has 1 fully saturated rings. The van der Waals surface area contributed by atoms with E-state index in [0.29, 0.717) is 13.0 Å². The maximum absolute atomic E-state index is 14.2. The Morgan fingerprint density at radius 3 is 2.81 bits per heavy atom. The molecule has 0 bridgehead atoms. The lowest BCUT2D eigenvalue weighted by Gasteiger charge is -2.39. The number of likely N-dealkylation sites (tertiary alicyclic amines) is 1. The van der Waals surface area contributed by atoms with Gasteiger partial charge < -0.3 is 10.0 Å². The van der Waals surface area contributed by atoms with Gasteiger partial charge in [0.05, 0.1) is 12.0 Å². The quantitative estimate of drug-likeness (QED) is 0.928. The Kier molecular flexibility index (Phi) is 4.83. The van der Waals surface area contributed by atoms with E-state index in [2.05, 4.69) is 0 Å². The fraction of sp³-hybridized carbons (Fsp3) is 0.467. The van der Waals surface area contributed by atoms with Crippen LogP contribution in [-0.4, -0.2) is 28.4 Å². The van der Waals surface area contributed by atoms with E-state index in [0.717, 1.165) is 6.07 Å². The molecule has 1 aliphatic rings. The zero-order valence-electron chi connectivity index (χ0n) is 11.7. The molecule has 1 saturated heterocycles. The molecule has 1 N–H and O–H groups in total. The van der Waals surface area contributed by atoms with Crippen molar-refractivity contribution in [3.8, 4) is 0 Å². The van der Waals surface area contributed by atoms with Crippen molar-refractivity contribution < 1.29 is 19.1 Å². The van der Waals surface area contributed by atoms with Crippen molar-refractivity contribution in [2.24, 2.45) is 5.92 Å². The molecule has 4 nitrogen and oxygen atoms in total. The number of aliphatic carboxylic acids is 1. The SMILES string of the molecule is CCCN1C(=O)CCC(C(=O)O)C1c1ccc(Cl)cc1F. The van der Waals surface area contributed by atoms with Crippen LogP contribution in [0.4, 0.5) is 4.39 Å². The first-order valence-electron chi connectivity index (χ1n) is 6.93. The summed E-state index contributed by atoms with van der Waals surface area (Å²) in [6, 6.07) is 3.36. The Hall–Kier alpha value is -1.62. The van der Waals surface area contributed by atoms with Gasteiger partial charge in [-0.3, -0.25) is 9.59 Å². The predicted octanol–water partition coefficient (Wildman–Crippen LogP) is 3.25. The van der Waals surface area contributed by atoms with E-state index in [-0.39, 0.29) is 29.3 Å². The summed E-state index contributed by atoms with van der Waals surface area (Å²) in [5.41, 5.74) is 0.216. The second kappa shape index (κ2) is 6.43. The summed E-state index contributed by atoms with van der Waals surface area (Å²) in [5.74, 6) is -2.52. The van der Waals surface area contributed by atoms with E-state index in [9.17, 15) is 19.1 Å². The lowest BCUT2D eigenvalue weighted by Crippen LogP contribution is -2.45. The van der Waals surface area contributed by atoms with Crippen LogP contribution >= 0.6 is 11.6 Å². The number of hydrogen-bond donors (Lipinski definition) is 1. The Bertz CT molecular complexity index is 564. The van der Waals surface area contributed by atoms with E-state index in [1.807, 2.05) is 6.92 Å². The molecule has 0 spiro atoms. The number of carbonyl (C=O) groups is 2. The average Bonchev–Trinajstić information content (AvgIpc) is 2.41. The van der Waals surface area contributed by atoms with Crippen molar-refractivity contribution in [2.75, 3.05) is 6.54 Å². The van der Waals surface area contributed by atoms with Gasteiger partial charge in [-0.1, -0.05) is 24.6 Å². The zero-order chi connectivity index (χ0) is 15.6. The van der Waals surface area contributed by atoms with Gasteiger partial charge in [-0.05, 0) is 25.0 Å². The first-order chi connectivity index (χ1) is 9.95. The highest BCUT2D eigenvalue weighted by Crippen LogP contribution is 2.38. The summed E-state index contributed by atoms with van der Waals surface area (Å²) in [6.07, 6.45) is 1.09. The van der Waals surface area contributed by atoms with E-state index in [1.165, 1.54) is 17.0 Å². The molecular formula is C15H17ClFNO3. The fourth-order valence-corrected chi connectivity index (χ4v) is 3.00. The second-order valence-corrected chi connectivity index (χ2v) is 5.62. The maximum atomic E-state index is 14.2. The van der Waals surface area contributed by atoms with Gasteiger partial charge in [-0.2, -0.15) is 0 Å². The van der Waals surface area contributed by atoms with Crippen LogP contribution in [0.3, 0.4) is 0 Å². The minimum absolute atomic E-state index is 0.131. The van der Waals surface area contributed by atoms with Gasteiger partial charge in [0.15, 0.2) is 0 Å². The largest absolute Gasteiger partial charge is 0.481 e. The maximum Gasteiger partial charge on any atom is 0.308 e. The second-order valence-electron chi connectivity index (χ2n) is 5.18. The number of carbonyl (C=O) groups excluding carboxylic acids is 1. The Labute approximate surface area is 127 Å². The molecule has 1 aromatic carbocycles. The highest BCUT2D eigenvalue weighted by molar-refractivity contribution is 6.30. The molecule has 114 valence electrons. The average molecular weight is 314 g/mol. The van der Waals surface area contributed by atoms with E-state index < -0.39 is 23.7 Å². The van der Waals surface area contributed by atoms with Crippen LogP contribution in [0, 0.1) is 11.7 Å². The summed E-state index contributed by atoms with van der Waals surface area (Å²) in [6.45, 7) is 2.31.